The Hall–Kier alpha value is -3.75. The number of esters is 1. The molecule has 0 saturated heterocycles. The highest BCUT2D eigenvalue weighted by Crippen LogP contribution is 2.46. The number of nitrogens with zero attached hydrogens (tertiary/aromatic N) is 2. The maximum atomic E-state index is 13.5. The van der Waals surface area contributed by atoms with Gasteiger partial charge in [-0.2, -0.15) is 0 Å². The summed E-state index contributed by atoms with van der Waals surface area (Å²) < 4.78 is 11.0. The van der Waals surface area contributed by atoms with Gasteiger partial charge in [0.05, 0.1) is 36.5 Å². The maximum Gasteiger partial charge on any atom is 0.338 e. The number of amides is 1. The van der Waals surface area contributed by atoms with Crippen molar-refractivity contribution in [2.24, 2.45) is 4.99 Å². The Morgan fingerprint density at radius 1 is 1.11 bits per heavy atom. The van der Waals surface area contributed by atoms with E-state index >= 15 is 0 Å². The Kier molecular flexibility index (Phi) is 7.48. The Morgan fingerprint density at radius 3 is 2.65 bits per heavy atom. The predicted octanol–water partition coefficient (Wildman–Crippen LogP) is 5.96. The number of benzene rings is 2. The number of carbonyl (C=O) groups is 2. The molecule has 7 nitrogen and oxygen atoms in total. The van der Waals surface area contributed by atoms with Crippen molar-refractivity contribution < 1.29 is 18.7 Å². The van der Waals surface area contributed by atoms with Crippen LogP contribution in [0.5, 0.6) is 0 Å². The van der Waals surface area contributed by atoms with Crippen LogP contribution in [-0.4, -0.2) is 21.9 Å². The number of allylic oxidation sites excluding steroid dienone is 1. The van der Waals surface area contributed by atoms with Crippen LogP contribution in [0, 0.1) is 0 Å². The molecule has 0 aliphatic carbocycles. The van der Waals surface area contributed by atoms with Crippen molar-refractivity contribution in [3.63, 3.8) is 0 Å². The zero-order valence-corrected chi connectivity index (χ0v) is 21.6. The van der Waals surface area contributed by atoms with Gasteiger partial charge in [0.1, 0.15) is 12.4 Å². The molecule has 1 amide bonds. The van der Waals surface area contributed by atoms with Crippen LogP contribution >= 0.6 is 23.4 Å². The molecule has 3 aromatic rings. The molecule has 0 unspecified atom stereocenters. The molecule has 9 heteroatoms. The Bertz CT molecular complexity index is 1400. The lowest BCUT2D eigenvalue weighted by atomic mass is 9.93. The van der Waals surface area contributed by atoms with E-state index in [0.717, 1.165) is 11.1 Å². The zero-order valence-electron chi connectivity index (χ0n) is 20.0. The quantitative estimate of drug-likeness (QED) is 0.360. The molecule has 1 atom stereocenters. The number of amidine groups is 1. The molecule has 0 fully saturated rings. The van der Waals surface area contributed by atoms with E-state index in [1.165, 1.54) is 11.8 Å². The standard InChI is InChI=1S/C28H24ClN3O4S/c1-18-25(27(34)36-16-19-8-3-2-4-9-19)26(22-11-5-6-12-23(22)29)32-20(17-37-28(32)31-18)14-24(33)30-15-21-10-7-13-35-21/h2-13,17,26H,14-16H2,1H3,(H,30,33)/t26-/m1/s1. The van der Waals surface area contributed by atoms with E-state index in [2.05, 4.69) is 5.32 Å². The molecule has 2 aliphatic heterocycles. The summed E-state index contributed by atoms with van der Waals surface area (Å²) in [6, 6.07) is 19.9. The van der Waals surface area contributed by atoms with Crippen molar-refractivity contribution in [3.05, 3.63) is 117 Å². The van der Waals surface area contributed by atoms with E-state index in [0.29, 0.717) is 32.9 Å². The van der Waals surface area contributed by atoms with Crippen LogP contribution in [0.1, 0.15) is 36.3 Å². The van der Waals surface area contributed by atoms with E-state index < -0.39 is 12.0 Å². The average Bonchev–Trinajstić information content (AvgIpc) is 3.56. The molecule has 2 aliphatic rings. The molecule has 0 bridgehead atoms. The van der Waals surface area contributed by atoms with Crippen LogP contribution in [-0.2, 0) is 27.5 Å². The van der Waals surface area contributed by atoms with Gasteiger partial charge in [-0.15, -0.1) is 0 Å². The van der Waals surface area contributed by atoms with Crippen molar-refractivity contribution in [1.29, 1.82) is 0 Å². The summed E-state index contributed by atoms with van der Waals surface area (Å²) in [5.41, 5.74) is 3.27. The molecular formula is C28H24ClN3O4S. The third-order valence-electron chi connectivity index (χ3n) is 6.01. The van der Waals surface area contributed by atoms with Gasteiger partial charge < -0.3 is 19.4 Å². The third-order valence-corrected chi connectivity index (χ3v) is 7.25. The smallest absolute Gasteiger partial charge is 0.338 e. The number of fused-ring (bicyclic) bond motifs is 1. The van der Waals surface area contributed by atoms with Gasteiger partial charge in [-0.3, -0.25) is 4.79 Å². The summed E-state index contributed by atoms with van der Waals surface area (Å²) in [6.07, 6.45) is 1.66. The first-order valence-corrected chi connectivity index (χ1v) is 13.0. The van der Waals surface area contributed by atoms with E-state index in [1.54, 1.807) is 31.4 Å². The van der Waals surface area contributed by atoms with Gasteiger partial charge in [0, 0.05) is 10.7 Å². The average molecular weight is 534 g/mol. The number of aliphatic imine (C=N–C) groups is 1. The fourth-order valence-electron chi connectivity index (χ4n) is 4.25. The lowest BCUT2D eigenvalue weighted by Crippen LogP contribution is -2.38. The fourth-order valence-corrected chi connectivity index (χ4v) is 5.45. The summed E-state index contributed by atoms with van der Waals surface area (Å²) in [6.45, 7) is 2.22. The van der Waals surface area contributed by atoms with E-state index in [4.69, 9.17) is 25.7 Å². The lowest BCUT2D eigenvalue weighted by molar-refractivity contribution is -0.141. The van der Waals surface area contributed by atoms with Gasteiger partial charge in [-0.25, -0.2) is 9.79 Å². The van der Waals surface area contributed by atoms with Crippen molar-refractivity contribution in [2.45, 2.75) is 32.5 Å². The minimum atomic E-state index is -0.594. The van der Waals surface area contributed by atoms with Crippen molar-refractivity contribution in [2.75, 3.05) is 0 Å². The van der Waals surface area contributed by atoms with Gasteiger partial charge in [0.15, 0.2) is 5.17 Å². The number of carbonyl (C=O) groups excluding carboxylic acids is 2. The molecule has 37 heavy (non-hydrogen) atoms. The summed E-state index contributed by atoms with van der Waals surface area (Å²) in [5.74, 6) is 0.00813. The molecular weight excluding hydrogens is 510 g/mol. The summed E-state index contributed by atoms with van der Waals surface area (Å²) in [5, 5.41) is 5.95. The Morgan fingerprint density at radius 2 is 1.89 bits per heavy atom. The van der Waals surface area contributed by atoms with E-state index in [9.17, 15) is 9.59 Å². The van der Waals surface area contributed by atoms with Crippen LogP contribution in [0.15, 0.2) is 105 Å². The predicted molar refractivity (Wildman–Crippen MR) is 143 cm³/mol. The maximum absolute atomic E-state index is 13.5. The third kappa shape index (κ3) is 5.50. The van der Waals surface area contributed by atoms with E-state index in [-0.39, 0.29) is 25.5 Å². The molecule has 1 N–H and O–H groups in total. The summed E-state index contributed by atoms with van der Waals surface area (Å²) >= 11 is 8.05. The molecule has 0 saturated carbocycles. The molecule has 0 radical (unpaired) electrons. The number of thioether (sulfide) groups is 1. The number of hydrogen-bond acceptors (Lipinski definition) is 7. The monoisotopic (exact) mass is 533 g/mol. The zero-order chi connectivity index (χ0) is 25.8. The van der Waals surface area contributed by atoms with Gasteiger partial charge in [-0.1, -0.05) is 71.9 Å². The highest BCUT2D eigenvalue weighted by molar-refractivity contribution is 8.16. The van der Waals surface area contributed by atoms with Gasteiger partial charge in [0.25, 0.3) is 0 Å². The van der Waals surface area contributed by atoms with Crippen molar-refractivity contribution >= 4 is 40.4 Å². The van der Waals surface area contributed by atoms with Crippen LogP contribution in [0.3, 0.4) is 0 Å². The molecule has 5 rings (SSSR count). The molecule has 1 aromatic heterocycles. The first-order valence-electron chi connectivity index (χ1n) is 11.7. The van der Waals surface area contributed by atoms with Gasteiger partial charge in [0.2, 0.25) is 5.91 Å². The molecule has 188 valence electrons. The van der Waals surface area contributed by atoms with Gasteiger partial charge >= 0.3 is 5.97 Å². The second kappa shape index (κ2) is 11.1. The van der Waals surface area contributed by atoms with Gasteiger partial charge in [-0.05, 0) is 41.7 Å². The topological polar surface area (TPSA) is 84.1 Å². The van der Waals surface area contributed by atoms with Crippen molar-refractivity contribution in [1.82, 2.24) is 10.2 Å². The van der Waals surface area contributed by atoms with Crippen LogP contribution in [0.4, 0.5) is 0 Å². The Balaban J connectivity index is 1.42. The minimum absolute atomic E-state index is 0.0963. The van der Waals surface area contributed by atoms with Crippen LogP contribution in [0.25, 0.3) is 0 Å². The molecule has 0 spiro atoms. The van der Waals surface area contributed by atoms with Crippen LogP contribution < -0.4 is 5.32 Å². The number of ether oxygens (including phenoxy) is 1. The SMILES string of the molecule is CC1=C(C(=O)OCc2ccccc2)[C@@H](c2ccccc2Cl)N2C(CC(=O)NCc3ccco3)=CSC2=N1. The fraction of sp³-hybridized carbons (Fsp3) is 0.179. The number of furan rings is 1. The second-order valence-electron chi connectivity index (χ2n) is 8.51. The largest absolute Gasteiger partial charge is 0.467 e. The summed E-state index contributed by atoms with van der Waals surface area (Å²) in [7, 11) is 0. The lowest BCUT2D eigenvalue weighted by Gasteiger charge is -2.36. The molecule has 2 aromatic carbocycles. The number of halogens is 1. The highest BCUT2D eigenvalue weighted by Gasteiger charge is 2.41. The molecule has 3 heterocycles. The van der Waals surface area contributed by atoms with E-state index in [1.807, 2.05) is 58.8 Å². The number of hydrogen-bond donors (Lipinski definition) is 1. The first kappa shape index (κ1) is 24.9. The van der Waals surface area contributed by atoms with Crippen LogP contribution in [0.2, 0.25) is 5.02 Å². The van der Waals surface area contributed by atoms with Crippen molar-refractivity contribution in [3.8, 4) is 0 Å². The highest BCUT2D eigenvalue weighted by atomic mass is 35.5. The Labute approximate surface area is 223 Å². The number of rotatable bonds is 8. The normalized spacial score (nSPS) is 16.7. The second-order valence-corrected chi connectivity index (χ2v) is 9.75. The first-order chi connectivity index (χ1) is 18.0. The number of nitrogens with one attached hydrogen (secondary N) is 1. The summed E-state index contributed by atoms with van der Waals surface area (Å²) in [4.78, 5) is 32.9. The minimum Gasteiger partial charge on any atom is -0.467 e.